The Kier molecular flexibility index (Phi) is 8.89. The number of morpholine rings is 1. The van der Waals surface area contributed by atoms with E-state index in [2.05, 4.69) is 4.90 Å². The molecular weight excluding hydrogens is 734 g/mol. The van der Waals surface area contributed by atoms with Crippen LogP contribution in [-0.4, -0.2) is 69.3 Å². The van der Waals surface area contributed by atoms with E-state index in [9.17, 15) is 14.7 Å². The Hall–Kier alpha value is -5.65. The van der Waals surface area contributed by atoms with Crippen molar-refractivity contribution < 1.29 is 38.5 Å². The topological polar surface area (TPSA) is 126 Å². The van der Waals surface area contributed by atoms with Gasteiger partial charge in [-0.15, -0.1) is 0 Å². The number of hydrogen-bond donors (Lipinski definition) is 1. The number of nitrogens with zero attached hydrogens (tertiary/aromatic N) is 3. The lowest BCUT2D eigenvalue weighted by atomic mass is 9.49. The fourth-order valence-corrected chi connectivity index (χ4v) is 10.3. The maximum atomic E-state index is 15.6. The van der Waals surface area contributed by atoms with Crippen molar-refractivity contribution in [1.82, 2.24) is 0 Å². The summed E-state index contributed by atoms with van der Waals surface area (Å²) in [5, 5.41) is 11.2. The summed E-state index contributed by atoms with van der Waals surface area (Å²) in [6.07, 6.45) is 2.36. The number of phenolic OH excluding ortho intramolecular Hbond substituents is 1. The Balaban J connectivity index is 1.22. The summed E-state index contributed by atoms with van der Waals surface area (Å²) in [5.74, 6) is -5.09. The first kappa shape index (κ1) is 36.0. The average Bonchev–Trinajstić information content (AvgIpc) is 3.61. The number of rotatable bonds is 7. The number of amides is 4. The lowest BCUT2D eigenvalue weighted by Gasteiger charge is -2.51. The van der Waals surface area contributed by atoms with Crippen molar-refractivity contribution in [3.8, 4) is 17.2 Å². The van der Waals surface area contributed by atoms with Crippen molar-refractivity contribution in [2.75, 3.05) is 55.2 Å². The monoisotopic (exact) mass is 773 g/mol. The highest BCUT2D eigenvalue weighted by Gasteiger charge is 2.71. The standard InChI is InChI=1S/C44H40ClN3O8/c1-54-35-22-30(49)23-36(55-2)38(35)39-31-15-16-32-37(42(52)47(40(32)50)28-13-11-27(12-14-28)46-17-19-56-20-18-46)33(31)24-34-41(51)48(29-10-6-9-26(45)21-29)43(53)44(34,39)25-7-4-3-5-8-25/h3-15,21-23,32-34,37,39,49H,16-20,24H2,1-2H3/t32-,33+,34-,37-,39+,44+/m0/s1. The number of carbonyl (C=O) groups is 4. The minimum absolute atomic E-state index is 0.112. The molecule has 286 valence electrons. The molecule has 9 rings (SSSR count). The third-order valence-electron chi connectivity index (χ3n) is 12.5. The molecule has 3 saturated heterocycles. The molecule has 4 aromatic carbocycles. The lowest BCUT2D eigenvalue weighted by Crippen LogP contribution is -2.53. The number of aromatic hydroxyl groups is 1. The maximum Gasteiger partial charge on any atom is 0.246 e. The molecule has 4 fully saturated rings. The summed E-state index contributed by atoms with van der Waals surface area (Å²) in [6, 6.07) is 26.3. The van der Waals surface area contributed by atoms with Crippen LogP contribution in [0, 0.1) is 23.7 Å². The number of phenols is 1. The van der Waals surface area contributed by atoms with Crippen LogP contribution in [0.3, 0.4) is 0 Å². The average molecular weight is 774 g/mol. The molecule has 0 unspecified atom stereocenters. The van der Waals surface area contributed by atoms with Crippen molar-refractivity contribution in [1.29, 1.82) is 0 Å². The highest BCUT2D eigenvalue weighted by molar-refractivity contribution is 6.32. The van der Waals surface area contributed by atoms with E-state index in [1.54, 1.807) is 24.3 Å². The predicted octanol–water partition coefficient (Wildman–Crippen LogP) is 6.27. The van der Waals surface area contributed by atoms with Gasteiger partial charge in [0.15, 0.2) is 0 Å². The number of fused-ring (bicyclic) bond motifs is 4. The number of methoxy groups -OCH3 is 2. The van der Waals surface area contributed by atoms with Crippen LogP contribution in [0.5, 0.6) is 17.2 Å². The van der Waals surface area contributed by atoms with E-state index in [0.29, 0.717) is 40.7 Å². The first-order valence-corrected chi connectivity index (χ1v) is 19.2. The van der Waals surface area contributed by atoms with Gasteiger partial charge in [0.2, 0.25) is 23.6 Å². The Morgan fingerprint density at radius 3 is 2.09 bits per heavy atom. The molecule has 2 aliphatic carbocycles. The SMILES string of the molecule is COc1cc(O)cc(OC)c1[C@H]1C2=CC[C@@H]3C(=O)N(c4ccc(N5CCOCC5)cc4)C(=O)[C@@H]3[C@@H]2C[C@H]2C(=O)N(c3cccc(Cl)c3)C(=O)[C@@]12c1ccccc1. The van der Waals surface area contributed by atoms with E-state index >= 15 is 9.59 Å². The molecule has 4 amide bonds. The molecule has 0 bridgehead atoms. The molecule has 12 heteroatoms. The number of halogens is 1. The van der Waals surface area contributed by atoms with Gasteiger partial charge in [0.25, 0.3) is 0 Å². The third kappa shape index (κ3) is 5.28. The van der Waals surface area contributed by atoms with E-state index in [1.807, 2.05) is 60.7 Å². The summed E-state index contributed by atoms with van der Waals surface area (Å²) in [5.41, 5.74) is 2.05. The van der Waals surface area contributed by atoms with Gasteiger partial charge in [-0.3, -0.25) is 24.1 Å². The number of benzene rings is 4. The summed E-state index contributed by atoms with van der Waals surface area (Å²) < 4.78 is 17.4. The molecule has 1 N–H and O–H groups in total. The molecule has 3 aliphatic heterocycles. The van der Waals surface area contributed by atoms with Gasteiger partial charge in [0.1, 0.15) is 17.2 Å². The second-order valence-corrected chi connectivity index (χ2v) is 15.4. The summed E-state index contributed by atoms with van der Waals surface area (Å²) in [4.78, 5) is 64.6. The summed E-state index contributed by atoms with van der Waals surface area (Å²) >= 11 is 6.45. The first-order valence-electron chi connectivity index (χ1n) is 18.8. The summed E-state index contributed by atoms with van der Waals surface area (Å²) in [6.45, 7) is 2.76. The van der Waals surface area contributed by atoms with E-state index in [0.717, 1.165) is 24.4 Å². The van der Waals surface area contributed by atoms with Gasteiger partial charge in [-0.05, 0) is 66.8 Å². The fraction of sp³-hybridized carbons (Fsp3) is 0.318. The minimum Gasteiger partial charge on any atom is -0.508 e. The highest BCUT2D eigenvalue weighted by Crippen LogP contribution is 2.66. The van der Waals surface area contributed by atoms with Crippen LogP contribution in [0.2, 0.25) is 5.02 Å². The van der Waals surface area contributed by atoms with E-state index in [4.69, 9.17) is 25.8 Å². The van der Waals surface area contributed by atoms with Gasteiger partial charge >= 0.3 is 0 Å². The quantitative estimate of drug-likeness (QED) is 0.171. The van der Waals surface area contributed by atoms with Crippen LogP contribution in [0.4, 0.5) is 17.1 Å². The van der Waals surface area contributed by atoms with Gasteiger partial charge in [-0.1, -0.05) is 59.6 Å². The van der Waals surface area contributed by atoms with Crippen molar-refractivity contribution in [3.05, 3.63) is 119 Å². The van der Waals surface area contributed by atoms with Crippen molar-refractivity contribution >= 4 is 52.3 Å². The number of carbonyl (C=O) groups excluding carboxylic acids is 4. The molecule has 0 radical (unpaired) electrons. The fourth-order valence-electron chi connectivity index (χ4n) is 10.2. The van der Waals surface area contributed by atoms with Crippen LogP contribution < -0.4 is 24.2 Å². The highest BCUT2D eigenvalue weighted by atomic mass is 35.5. The zero-order valence-electron chi connectivity index (χ0n) is 30.9. The van der Waals surface area contributed by atoms with Crippen molar-refractivity contribution in [2.24, 2.45) is 23.7 Å². The van der Waals surface area contributed by atoms with Gasteiger partial charge in [-0.25, -0.2) is 4.90 Å². The lowest BCUT2D eigenvalue weighted by molar-refractivity contribution is -0.127. The smallest absolute Gasteiger partial charge is 0.246 e. The molecule has 5 aliphatic rings. The molecule has 56 heavy (non-hydrogen) atoms. The van der Waals surface area contributed by atoms with Crippen molar-refractivity contribution in [2.45, 2.75) is 24.2 Å². The Morgan fingerprint density at radius 1 is 0.750 bits per heavy atom. The predicted molar refractivity (Wildman–Crippen MR) is 209 cm³/mol. The Morgan fingerprint density at radius 2 is 1.43 bits per heavy atom. The van der Waals surface area contributed by atoms with E-state index in [-0.39, 0.29) is 41.9 Å². The molecule has 1 saturated carbocycles. The van der Waals surface area contributed by atoms with Gasteiger partial charge in [-0.2, -0.15) is 0 Å². The molecule has 3 heterocycles. The van der Waals surface area contributed by atoms with E-state index in [1.165, 1.54) is 36.2 Å². The normalized spacial score (nSPS) is 27.2. The second-order valence-electron chi connectivity index (χ2n) is 15.0. The molecule has 6 atom stereocenters. The molecular formula is C44H40ClN3O8. The van der Waals surface area contributed by atoms with Gasteiger partial charge in [0, 0.05) is 47.4 Å². The van der Waals surface area contributed by atoms with Gasteiger partial charge in [0.05, 0.1) is 62.0 Å². The Labute approximate surface area is 329 Å². The number of hydrogen-bond acceptors (Lipinski definition) is 9. The molecule has 0 spiro atoms. The largest absolute Gasteiger partial charge is 0.508 e. The molecule has 4 aromatic rings. The van der Waals surface area contributed by atoms with Gasteiger partial charge < -0.3 is 24.2 Å². The minimum atomic E-state index is -1.55. The number of ether oxygens (including phenoxy) is 3. The Bertz CT molecular complexity index is 2270. The van der Waals surface area contributed by atoms with Crippen LogP contribution in [0.1, 0.15) is 29.9 Å². The van der Waals surface area contributed by atoms with E-state index < -0.39 is 46.8 Å². The molecule has 11 nitrogen and oxygen atoms in total. The zero-order chi connectivity index (χ0) is 38.9. The number of imide groups is 2. The van der Waals surface area contributed by atoms with Crippen LogP contribution >= 0.6 is 11.6 Å². The first-order chi connectivity index (χ1) is 27.2. The third-order valence-corrected chi connectivity index (χ3v) is 12.7. The molecule has 0 aromatic heterocycles. The van der Waals surface area contributed by atoms with Crippen LogP contribution in [0.15, 0.2) is 103 Å². The second kappa shape index (κ2) is 13.8. The number of allylic oxidation sites excluding steroid dienone is 2. The van der Waals surface area contributed by atoms with Crippen molar-refractivity contribution in [3.63, 3.8) is 0 Å². The maximum absolute atomic E-state index is 15.6. The van der Waals surface area contributed by atoms with Crippen LogP contribution in [-0.2, 0) is 29.3 Å². The summed E-state index contributed by atoms with van der Waals surface area (Å²) in [7, 11) is 2.94. The number of anilines is 3. The van der Waals surface area contributed by atoms with Crippen LogP contribution in [0.25, 0.3) is 0 Å². The zero-order valence-corrected chi connectivity index (χ0v) is 31.6.